The number of carbonyl (C=O) groups excluding carboxylic acids is 3. The Kier molecular flexibility index (Phi) is 7.68. The summed E-state index contributed by atoms with van der Waals surface area (Å²) in [6.45, 7) is 3.43. The molecular weight excluding hydrogens is 386 g/mol. The zero-order valence-electron chi connectivity index (χ0n) is 17.5. The summed E-state index contributed by atoms with van der Waals surface area (Å²) in [7, 11) is 0. The molecule has 1 aromatic carbocycles. The van der Waals surface area contributed by atoms with Crippen LogP contribution in [-0.4, -0.2) is 70.7 Å². The monoisotopic (exact) mass is 417 g/mol. The smallest absolute Gasteiger partial charge is 0.318 e. The number of aliphatic hydroxyl groups is 1. The molecule has 3 amide bonds. The molecule has 0 aromatic heterocycles. The third kappa shape index (κ3) is 5.30. The first-order valence-corrected chi connectivity index (χ1v) is 10.7. The molecule has 0 bridgehead atoms. The summed E-state index contributed by atoms with van der Waals surface area (Å²) < 4.78 is 4.92. The van der Waals surface area contributed by atoms with Crippen LogP contribution in [-0.2, 0) is 20.9 Å². The Bertz CT molecular complexity index is 742. The van der Waals surface area contributed by atoms with E-state index in [-0.39, 0.29) is 25.0 Å². The quantitative estimate of drug-likeness (QED) is 0.658. The fourth-order valence-corrected chi connectivity index (χ4v) is 4.33. The molecule has 0 saturated carbocycles. The predicted molar refractivity (Wildman–Crippen MR) is 110 cm³/mol. The van der Waals surface area contributed by atoms with Gasteiger partial charge in [0, 0.05) is 19.6 Å². The van der Waals surface area contributed by atoms with Gasteiger partial charge in [-0.25, -0.2) is 4.79 Å². The minimum atomic E-state index is -0.961. The lowest BCUT2D eigenvalue weighted by Gasteiger charge is -2.33. The number of urea groups is 1. The van der Waals surface area contributed by atoms with E-state index < -0.39 is 24.2 Å². The molecule has 2 heterocycles. The number of carbonyl (C=O) groups is 3. The van der Waals surface area contributed by atoms with Crippen LogP contribution in [0.4, 0.5) is 4.79 Å². The fraction of sp³-hybridized carbons (Fsp3) is 0.591. The Hall–Kier alpha value is -2.61. The lowest BCUT2D eigenvalue weighted by atomic mass is 10.0. The summed E-state index contributed by atoms with van der Waals surface area (Å²) in [4.78, 5) is 40.9. The number of hydrogen-bond acceptors (Lipinski definition) is 5. The Balaban J connectivity index is 1.59. The number of nitrogens with one attached hydrogen (secondary N) is 1. The second kappa shape index (κ2) is 10.4. The van der Waals surface area contributed by atoms with Gasteiger partial charge in [-0.2, -0.15) is 0 Å². The number of ether oxygens (including phenoxy) is 1. The van der Waals surface area contributed by atoms with E-state index in [1.165, 1.54) is 0 Å². The lowest BCUT2D eigenvalue weighted by molar-refractivity contribution is -0.148. The SMILES string of the molecule is CCOC(=O)CC(O)[C@@H]1CCCN1C(=O)[C@@H]1CCCN1C(=O)NCc1ccccc1. The minimum Gasteiger partial charge on any atom is -0.466 e. The van der Waals surface area contributed by atoms with Crippen molar-refractivity contribution >= 4 is 17.9 Å². The van der Waals surface area contributed by atoms with E-state index in [0.717, 1.165) is 18.4 Å². The number of aliphatic hydroxyl groups excluding tert-OH is 1. The van der Waals surface area contributed by atoms with Gasteiger partial charge >= 0.3 is 12.0 Å². The van der Waals surface area contributed by atoms with Crippen LogP contribution in [0.2, 0.25) is 0 Å². The van der Waals surface area contributed by atoms with Crippen molar-refractivity contribution in [3.63, 3.8) is 0 Å². The maximum Gasteiger partial charge on any atom is 0.318 e. The van der Waals surface area contributed by atoms with Gasteiger partial charge in [-0.15, -0.1) is 0 Å². The third-order valence-corrected chi connectivity index (χ3v) is 5.79. The highest BCUT2D eigenvalue weighted by Gasteiger charge is 2.42. The molecule has 164 valence electrons. The molecule has 30 heavy (non-hydrogen) atoms. The van der Waals surface area contributed by atoms with Crippen LogP contribution < -0.4 is 5.32 Å². The molecule has 8 nitrogen and oxygen atoms in total. The average Bonchev–Trinajstić information content (AvgIpc) is 3.42. The summed E-state index contributed by atoms with van der Waals surface area (Å²) in [6.07, 6.45) is 1.68. The number of hydrogen-bond donors (Lipinski definition) is 2. The molecule has 3 atom stereocenters. The predicted octanol–water partition coefficient (Wildman–Crippen LogP) is 1.67. The summed E-state index contributed by atoms with van der Waals surface area (Å²) in [5.74, 6) is -0.611. The largest absolute Gasteiger partial charge is 0.466 e. The van der Waals surface area contributed by atoms with E-state index in [4.69, 9.17) is 4.74 Å². The molecule has 0 radical (unpaired) electrons. The highest BCUT2D eigenvalue weighted by atomic mass is 16.5. The number of nitrogens with zero attached hydrogens (tertiary/aromatic N) is 2. The van der Waals surface area contributed by atoms with Crippen molar-refractivity contribution in [3.05, 3.63) is 35.9 Å². The van der Waals surface area contributed by atoms with E-state index in [9.17, 15) is 19.5 Å². The van der Waals surface area contributed by atoms with E-state index in [1.807, 2.05) is 30.3 Å². The standard InChI is InChI=1S/C22H31N3O5/c1-2-30-20(27)14-19(26)17-10-6-12-24(17)21(28)18-11-7-13-25(18)22(29)23-15-16-8-4-3-5-9-16/h3-5,8-9,17-19,26H,2,6-7,10-15H2,1H3,(H,23,29)/t17-,18-,19?/m0/s1. The molecule has 8 heteroatoms. The van der Waals surface area contributed by atoms with Crippen molar-refractivity contribution in [2.75, 3.05) is 19.7 Å². The Morgan fingerprint density at radius 2 is 1.83 bits per heavy atom. The van der Waals surface area contributed by atoms with Crippen LogP contribution >= 0.6 is 0 Å². The minimum absolute atomic E-state index is 0.131. The van der Waals surface area contributed by atoms with Crippen LogP contribution in [0.5, 0.6) is 0 Å². The van der Waals surface area contributed by atoms with Crippen molar-refractivity contribution in [1.29, 1.82) is 0 Å². The summed E-state index contributed by atoms with van der Waals surface area (Å²) in [6, 6.07) is 8.42. The summed E-state index contributed by atoms with van der Waals surface area (Å²) in [5, 5.41) is 13.4. The fourth-order valence-electron chi connectivity index (χ4n) is 4.33. The van der Waals surface area contributed by atoms with Crippen LogP contribution in [0, 0.1) is 0 Å². The lowest BCUT2D eigenvalue weighted by Crippen LogP contribution is -2.53. The molecular formula is C22H31N3O5. The second-order valence-electron chi connectivity index (χ2n) is 7.81. The van der Waals surface area contributed by atoms with Crippen molar-refractivity contribution in [1.82, 2.24) is 15.1 Å². The number of rotatable bonds is 7. The number of benzene rings is 1. The van der Waals surface area contributed by atoms with Gasteiger partial charge in [0.15, 0.2) is 0 Å². The third-order valence-electron chi connectivity index (χ3n) is 5.79. The second-order valence-corrected chi connectivity index (χ2v) is 7.81. The van der Waals surface area contributed by atoms with Gasteiger partial charge in [-0.3, -0.25) is 9.59 Å². The van der Waals surface area contributed by atoms with Crippen molar-refractivity contribution in [2.45, 2.75) is 63.8 Å². The zero-order chi connectivity index (χ0) is 21.5. The molecule has 2 aliphatic rings. The summed E-state index contributed by atoms with van der Waals surface area (Å²) in [5.41, 5.74) is 0.995. The van der Waals surface area contributed by atoms with Gasteiger partial charge in [-0.1, -0.05) is 30.3 Å². The zero-order valence-corrected chi connectivity index (χ0v) is 17.5. The van der Waals surface area contributed by atoms with Crippen LogP contribution in [0.25, 0.3) is 0 Å². The van der Waals surface area contributed by atoms with Crippen molar-refractivity contribution < 1.29 is 24.2 Å². The van der Waals surface area contributed by atoms with Crippen molar-refractivity contribution in [2.24, 2.45) is 0 Å². The molecule has 0 spiro atoms. The molecule has 1 aromatic rings. The first kappa shape index (κ1) is 22.1. The van der Waals surface area contributed by atoms with E-state index in [0.29, 0.717) is 32.5 Å². The highest BCUT2D eigenvalue weighted by molar-refractivity contribution is 5.88. The Morgan fingerprint density at radius 1 is 1.13 bits per heavy atom. The average molecular weight is 418 g/mol. The van der Waals surface area contributed by atoms with Gasteiger partial charge in [0.2, 0.25) is 5.91 Å². The molecule has 2 fully saturated rings. The first-order chi connectivity index (χ1) is 14.5. The van der Waals surface area contributed by atoms with E-state index in [1.54, 1.807) is 16.7 Å². The topological polar surface area (TPSA) is 99.2 Å². The maximum atomic E-state index is 13.2. The maximum absolute atomic E-state index is 13.2. The van der Waals surface area contributed by atoms with E-state index in [2.05, 4.69) is 5.32 Å². The van der Waals surface area contributed by atoms with Gasteiger partial charge in [0.25, 0.3) is 0 Å². The molecule has 2 saturated heterocycles. The molecule has 2 N–H and O–H groups in total. The van der Waals surface area contributed by atoms with Gasteiger partial charge < -0.3 is 25.0 Å². The number of amides is 3. The molecule has 1 unspecified atom stereocenters. The Labute approximate surface area is 177 Å². The summed E-state index contributed by atoms with van der Waals surface area (Å²) >= 11 is 0. The first-order valence-electron chi connectivity index (χ1n) is 10.7. The van der Waals surface area contributed by atoms with E-state index >= 15 is 0 Å². The van der Waals surface area contributed by atoms with Gasteiger partial charge in [-0.05, 0) is 38.2 Å². The molecule has 2 aliphatic heterocycles. The van der Waals surface area contributed by atoms with Crippen LogP contribution in [0.15, 0.2) is 30.3 Å². The van der Waals surface area contributed by atoms with Gasteiger partial charge in [0.05, 0.1) is 25.2 Å². The van der Waals surface area contributed by atoms with Crippen LogP contribution in [0.1, 0.15) is 44.6 Å². The molecule has 0 aliphatic carbocycles. The number of likely N-dealkylation sites (tertiary alicyclic amines) is 2. The van der Waals surface area contributed by atoms with Gasteiger partial charge in [0.1, 0.15) is 6.04 Å². The van der Waals surface area contributed by atoms with Crippen LogP contribution in [0.3, 0.4) is 0 Å². The molecule has 3 rings (SSSR count). The highest BCUT2D eigenvalue weighted by Crippen LogP contribution is 2.27. The number of esters is 1. The normalized spacial score (nSPS) is 22.1. The Morgan fingerprint density at radius 3 is 2.57 bits per heavy atom. The van der Waals surface area contributed by atoms with Crippen molar-refractivity contribution in [3.8, 4) is 0 Å².